The van der Waals surface area contributed by atoms with Gasteiger partial charge in [0.1, 0.15) is 0 Å². The van der Waals surface area contributed by atoms with Crippen LogP contribution in [-0.2, 0) is 0 Å². The van der Waals surface area contributed by atoms with Crippen molar-refractivity contribution in [1.29, 1.82) is 0 Å². The fourth-order valence-electron chi connectivity index (χ4n) is 1.74. The fourth-order valence-corrected chi connectivity index (χ4v) is 6.02. The van der Waals surface area contributed by atoms with Gasteiger partial charge in [-0.25, -0.2) is 0 Å². The summed E-state index contributed by atoms with van der Waals surface area (Å²) in [6.07, 6.45) is 13.7. The van der Waals surface area contributed by atoms with E-state index in [0.717, 1.165) is 0 Å². The predicted octanol–water partition coefficient (Wildman–Crippen LogP) is 4.44. The Morgan fingerprint density at radius 2 is 1.69 bits per heavy atom. The van der Waals surface area contributed by atoms with Crippen molar-refractivity contribution in [3.8, 4) is 0 Å². The van der Waals surface area contributed by atoms with Gasteiger partial charge in [-0.1, -0.05) is 0 Å². The molecule has 0 atom stereocenters. The second-order valence-corrected chi connectivity index (χ2v) is 8.66. The molecule has 1 fully saturated rings. The van der Waals surface area contributed by atoms with Gasteiger partial charge in [0.2, 0.25) is 0 Å². The van der Waals surface area contributed by atoms with Gasteiger partial charge in [-0.3, -0.25) is 0 Å². The van der Waals surface area contributed by atoms with E-state index in [1.807, 2.05) is 0 Å². The van der Waals surface area contributed by atoms with Crippen LogP contribution >= 0.6 is 0 Å². The molecule has 13 heavy (non-hydrogen) atoms. The van der Waals surface area contributed by atoms with E-state index in [0.29, 0.717) is 21.6 Å². The third kappa shape index (κ3) is 6.00. The van der Waals surface area contributed by atoms with E-state index in [-0.39, 0.29) is 0 Å². The van der Waals surface area contributed by atoms with Crippen LogP contribution in [0.25, 0.3) is 0 Å². The summed E-state index contributed by atoms with van der Waals surface area (Å²) >= 11 is 0.291. The van der Waals surface area contributed by atoms with Gasteiger partial charge >= 0.3 is 94.6 Å². The third-order valence-corrected chi connectivity index (χ3v) is 7.56. The van der Waals surface area contributed by atoms with Crippen LogP contribution in [0.5, 0.6) is 0 Å². The summed E-state index contributed by atoms with van der Waals surface area (Å²) < 4.78 is 2.95. The number of hydrogen-bond donors (Lipinski definition) is 0. The first-order chi connectivity index (χ1) is 6.43. The van der Waals surface area contributed by atoms with Crippen molar-refractivity contribution in [2.45, 2.75) is 72.9 Å². The van der Waals surface area contributed by atoms with Crippen molar-refractivity contribution < 1.29 is 0 Å². The van der Waals surface area contributed by atoms with Crippen LogP contribution in [0.1, 0.15) is 64.7 Å². The standard InChI is InChI=1S/C8H17.C4H7.Sb/c1-3-5-7-8-6-4-2;1-2-4-3-1;/h1,3-8H2,2H3;1H,2-4H2;. The van der Waals surface area contributed by atoms with Crippen molar-refractivity contribution in [3.05, 3.63) is 0 Å². The van der Waals surface area contributed by atoms with Gasteiger partial charge in [0.15, 0.2) is 0 Å². The maximum atomic E-state index is 2.30. The molecule has 0 aliphatic heterocycles. The van der Waals surface area contributed by atoms with E-state index >= 15 is 0 Å². The second kappa shape index (κ2) is 8.15. The number of rotatable bonds is 8. The van der Waals surface area contributed by atoms with Crippen LogP contribution < -0.4 is 0 Å². The second-order valence-electron chi connectivity index (χ2n) is 4.26. The Hall–Kier alpha value is 0.818. The first kappa shape index (κ1) is 11.9. The molecular formula is C12H24Sb. The quantitative estimate of drug-likeness (QED) is 0.458. The summed E-state index contributed by atoms with van der Waals surface area (Å²) in [5.74, 6) is 0. The molecule has 0 unspecified atom stereocenters. The molecule has 0 heterocycles. The molecule has 1 heteroatoms. The Labute approximate surface area is 94.4 Å². The molecule has 0 aromatic carbocycles. The molecular weight excluding hydrogens is 266 g/mol. The summed E-state index contributed by atoms with van der Waals surface area (Å²) in [5, 5.41) is 0. The first-order valence-corrected chi connectivity index (χ1v) is 9.38. The summed E-state index contributed by atoms with van der Waals surface area (Å²) in [7, 11) is 0. The molecule has 1 rings (SSSR count). The van der Waals surface area contributed by atoms with Gasteiger partial charge in [0.05, 0.1) is 0 Å². The number of hydrogen-bond acceptors (Lipinski definition) is 0. The molecule has 0 aromatic heterocycles. The average molecular weight is 290 g/mol. The van der Waals surface area contributed by atoms with Gasteiger partial charge in [-0.15, -0.1) is 0 Å². The minimum atomic E-state index is 0.291. The molecule has 1 saturated carbocycles. The zero-order valence-electron chi connectivity index (χ0n) is 9.10. The molecule has 1 aliphatic carbocycles. The molecule has 0 aromatic rings. The summed E-state index contributed by atoms with van der Waals surface area (Å²) in [5.41, 5.74) is 0. The average Bonchev–Trinajstić information content (AvgIpc) is 2.07. The predicted molar refractivity (Wildman–Crippen MR) is 61.5 cm³/mol. The van der Waals surface area contributed by atoms with E-state index in [2.05, 4.69) is 6.92 Å². The van der Waals surface area contributed by atoms with Gasteiger partial charge in [-0.05, 0) is 0 Å². The van der Waals surface area contributed by atoms with E-state index < -0.39 is 0 Å². The van der Waals surface area contributed by atoms with Gasteiger partial charge in [0, 0.05) is 0 Å². The Kier molecular flexibility index (Phi) is 7.46. The molecule has 0 spiro atoms. The molecule has 0 N–H and O–H groups in total. The third-order valence-electron chi connectivity index (χ3n) is 2.97. The maximum absolute atomic E-state index is 2.30. The Bertz CT molecular complexity index is 108. The van der Waals surface area contributed by atoms with Crippen LogP contribution in [0.4, 0.5) is 0 Å². The Morgan fingerprint density at radius 3 is 2.31 bits per heavy atom. The summed E-state index contributed by atoms with van der Waals surface area (Å²) in [6, 6.07) is 0. The molecule has 0 amide bonds. The monoisotopic (exact) mass is 289 g/mol. The Balaban J connectivity index is 1.68. The van der Waals surface area contributed by atoms with Crippen LogP contribution in [-0.4, -0.2) is 21.6 Å². The van der Waals surface area contributed by atoms with Crippen molar-refractivity contribution in [2.75, 3.05) is 0 Å². The molecule has 1 radical (unpaired) electrons. The van der Waals surface area contributed by atoms with E-state index in [1.54, 1.807) is 30.1 Å². The molecule has 0 nitrogen and oxygen atoms in total. The van der Waals surface area contributed by atoms with Crippen LogP contribution in [0.3, 0.4) is 0 Å². The van der Waals surface area contributed by atoms with Gasteiger partial charge in [-0.2, -0.15) is 0 Å². The van der Waals surface area contributed by atoms with Gasteiger partial charge < -0.3 is 0 Å². The zero-order chi connectivity index (χ0) is 9.36. The van der Waals surface area contributed by atoms with Crippen molar-refractivity contribution in [3.63, 3.8) is 0 Å². The summed E-state index contributed by atoms with van der Waals surface area (Å²) in [4.78, 5) is 0. The zero-order valence-corrected chi connectivity index (χ0v) is 11.6. The first-order valence-electron chi connectivity index (χ1n) is 6.10. The molecule has 0 saturated heterocycles. The van der Waals surface area contributed by atoms with Crippen molar-refractivity contribution in [1.82, 2.24) is 0 Å². The topological polar surface area (TPSA) is 0 Å². The van der Waals surface area contributed by atoms with Crippen LogP contribution in [0.15, 0.2) is 0 Å². The van der Waals surface area contributed by atoms with E-state index in [1.165, 1.54) is 36.0 Å². The van der Waals surface area contributed by atoms with Crippen molar-refractivity contribution >= 4 is 21.6 Å². The van der Waals surface area contributed by atoms with E-state index in [9.17, 15) is 0 Å². The normalized spacial score (nSPS) is 17.3. The van der Waals surface area contributed by atoms with Gasteiger partial charge in [0.25, 0.3) is 0 Å². The van der Waals surface area contributed by atoms with Crippen LogP contribution in [0.2, 0.25) is 8.23 Å². The summed E-state index contributed by atoms with van der Waals surface area (Å²) in [6.45, 7) is 2.30. The number of unbranched alkanes of at least 4 members (excludes halogenated alkanes) is 5. The van der Waals surface area contributed by atoms with Crippen LogP contribution in [0, 0.1) is 0 Å². The minimum absolute atomic E-state index is 0.291. The molecule has 77 valence electrons. The molecule has 0 bridgehead atoms. The SMILES string of the molecule is CCCCCCC[CH2][Sb][CH]1CCC1. The van der Waals surface area contributed by atoms with E-state index in [4.69, 9.17) is 0 Å². The fraction of sp³-hybridized carbons (Fsp3) is 1.00. The van der Waals surface area contributed by atoms with Crippen molar-refractivity contribution in [2.24, 2.45) is 0 Å². The Morgan fingerprint density at radius 1 is 1.00 bits per heavy atom. The molecule has 1 aliphatic rings.